The normalized spacial score (nSPS) is 10.5. The van der Waals surface area contributed by atoms with Crippen molar-refractivity contribution in [3.63, 3.8) is 0 Å². The Morgan fingerprint density at radius 1 is 1.12 bits per heavy atom. The summed E-state index contributed by atoms with van der Waals surface area (Å²) in [5, 5.41) is 14.7. The van der Waals surface area contributed by atoms with E-state index in [2.05, 4.69) is 20.8 Å². The molecule has 0 saturated carbocycles. The van der Waals surface area contributed by atoms with Crippen LogP contribution < -0.4 is 10.1 Å². The molecule has 134 valence electrons. The SMILES string of the molecule is O=C(Cn1nnnc1COc1ccccc1Cl)NCCc1ccccc1. The lowest BCUT2D eigenvalue weighted by Gasteiger charge is -2.09. The molecule has 2 aromatic carbocycles. The maximum Gasteiger partial charge on any atom is 0.241 e. The molecule has 1 heterocycles. The van der Waals surface area contributed by atoms with E-state index in [-0.39, 0.29) is 19.1 Å². The summed E-state index contributed by atoms with van der Waals surface area (Å²) in [6.07, 6.45) is 0.769. The number of ether oxygens (including phenoxy) is 1. The predicted octanol–water partition coefficient (Wildman–Crippen LogP) is 2.26. The van der Waals surface area contributed by atoms with Crippen molar-refractivity contribution < 1.29 is 9.53 Å². The quantitative estimate of drug-likeness (QED) is 0.656. The molecule has 1 amide bonds. The van der Waals surface area contributed by atoms with Crippen LogP contribution in [0.1, 0.15) is 11.4 Å². The molecule has 8 heteroatoms. The summed E-state index contributed by atoms with van der Waals surface area (Å²) in [5.74, 6) is 0.825. The minimum atomic E-state index is -0.160. The zero-order chi connectivity index (χ0) is 18.2. The summed E-state index contributed by atoms with van der Waals surface area (Å²) < 4.78 is 7.03. The number of amides is 1. The second-order valence-corrected chi connectivity index (χ2v) is 5.96. The fourth-order valence-corrected chi connectivity index (χ4v) is 2.53. The first kappa shape index (κ1) is 17.9. The summed E-state index contributed by atoms with van der Waals surface area (Å²) in [6, 6.07) is 17.1. The Hall–Kier alpha value is -2.93. The van der Waals surface area contributed by atoms with Crippen LogP contribution in [0, 0.1) is 0 Å². The molecule has 1 aromatic heterocycles. The molecule has 0 atom stereocenters. The molecule has 3 rings (SSSR count). The van der Waals surface area contributed by atoms with Crippen LogP contribution in [-0.4, -0.2) is 32.7 Å². The van der Waals surface area contributed by atoms with Crippen molar-refractivity contribution in [3.05, 3.63) is 71.0 Å². The Kier molecular flexibility index (Phi) is 6.16. The Morgan fingerprint density at radius 2 is 1.88 bits per heavy atom. The van der Waals surface area contributed by atoms with Crippen molar-refractivity contribution >= 4 is 17.5 Å². The number of carbonyl (C=O) groups excluding carboxylic acids is 1. The van der Waals surface area contributed by atoms with E-state index in [1.807, 2.05) is 42.5 Å². The Balaban J connectivity index is 1.48. The molecule has 1 N–H and O–H groups in total. The highest BCUT2D eigenvalue weighted by atomic mass is 35.5. The first-order chi connectivity index (χ1) is 12.7. The van der Waals surface area contributed by atoms with E-state index in [9.17, 15) is 4.79 Å². The molecule has 0 fully saturated rings. The largest absolute Gasteiger partial charge is 0.484 e. The monoisotopic (exact) mass is 371 g/mol. The number of halogens is 1. The van der Waals surface area contributed by atoms with Crippen molar-refractivity contribution in [2.24, 2.45) is 0 Å². The average Bonchev–Trinajstić information content (AvgIpc) is 3.09. The summed E-state index contributed by atoms with van der Waals surface area (Å²) in [6.45, 7) is 0.702. The highest BCUT2D eigenvalue weighted by Gasteiger charge is 2.11. The average molecular weight is 372 g/mol. The molecule has 0 aliphatic heterocycles. The Labute approximate surface area is 155 Å². The molecule has 0 aliphatic carbocycles. The summed E-state index contributed by atoms with van der Waals surface area (Å²) in [5.41, 5.74) is 1.17. The lowest BCUT2D eigenvalue weighted by Crippen LogP contribution is -2.30. The molecule has 0 spiro atoms. The van der Waals surface area contributed by atoms with E-state index in [1.165, 1.54) is 10.2 Å². The third-order valence-corrected chi connectivity index (χ3v) is 3.98. The van der Waals surface area contributed by atoms with E-state index in [1.54, 1.807) is 12.1 Å². The number of hydrogen-bond donors (Lipinski definition) is 1. The molecule has 0 unspecified atom stereocenters. The highest BCUT2D eigenvalue weighted by Crippen LogP contribution is 2.23. The maximum atomic E-state index is 12.1. The van der Waals surface area contributed by atoms with Gasteiger partial charge in [-0.05, 0) is 34.5 Å². The molecular weight excluding hydrogens is 354 g/mol. The standard InChI is InChI=1S/C18H18ClN5O2/c19-15-8-4-5-9-16(15)26-13-17-21-22-23-24(17)12-18(25)20-11-10-14-6-2-1-3-7-14/h1-9H,10-13H2,(H,20,25). The number of nitrogens with zero attached hydrogens (tertiary/aromatic N) is 4. The van der Waals surface area contributed by atoms with Crippen LogP contribution in [0.2, 0.25) is 5.02 Å². The van der Waals surface area contributed by atoms with Crippen molar-refractivity contribution in [3.8, 4) is 5.75 Å². The number of aromatic nitrogens is 4. The van der Waals surface area contributed by atoms with Crippen LogP contribution in [0.25, 0.3) is 0 Å². The van der Waals surface area contributed by atoms with E-state index < -0.39 is 0 Å². The van der Waals surface area contributed by atoms with Gasteiger partial charge in [0.2, 0.25) is 5.91 Å². The van der Waals surface area contributed by atoms with Crippen molar-refractivity contribution in [1.29, 1.82) is 0 Å². The van der Waals surface area contributed by atoms with Crippen molar-refractivity contribution in [2.45, 2.75) is 19.6 Å². The molecule has 3 aromatic rings. The van der Waals surface area contributed by atoms with Crippen LogP contribution in [0.4, 0.5) is 0 Å². The van der Waals surface area contributed by atoms with Gasteiger partial charge in [0.05, 0.1) is 5.02 Å². The minimum Gasteiger partial charge on any atom is -0.484 e. The number of para-hydroxylation sites is 1. The van der Waals surface area contributed by atoms with Crippen LogP contribution in [0.15, 0.2) is 54.6 Å². The summed E-state index contributed by atoms with van der Waals surface area (Å²) in [4.78, 5) is 12.1. The third-order valence-electron chi connectivity index (χ3n) is 3.67. The van der Waals surface area contributed by atoms with Gasteiger partial charge in [0.25, 0.3) is 0 Å². The lowest BCUT2D eigenvalue weighted by atomic mass is 10.1. The predicted molar refractivity (Wildman–Crippen MR) is 96.8 cm³/mol. The Morgan fingerprint density at radius 3 is 2.69 bits per heavy atom. The molecule has 0 radical (unpaired) electrons. The van der Waals surface area contributed by atoms with Crippen molar-refractivity contribution in [2.75, 3.05) is 6.54 Å². The van der Waals surface area contributed by atoms with Gasteiger partial charge in [-0.15, -0.1) is 5.10 Å². The first-order valence-corrected chi connectivity index (χ1v) is 8.53. The zero-order valence-corrected chi connectivity index (χ0v) is 14.8. The molecule has 0 saturated heterocycles. The van der Waals surface area contributed by atoms with Crippen molar-refractivity contribution in [1.82, 2.24) is 25.5 Å². The molecular formula is C18H18ClN5O2. The van der Waals surface area contributed by atoms with Gasteiger partial charge >= 0.3 is 0 Å². The topological polar surface area (TPSA) is 81.9 Å². The van der Waals surface area contributed by atoms with Gasteiger partial charge in [-0.2, -0.15) is 0 Å². The van der Waals surface area contributed by atoms with Crippen LogP contribution in [0.5, 0.6) is 5.75 Å². The van der Waals surface area contributed by atoms with Gasteiger partial charge in [0.15, 0.2) is 5.82 Å². The minimum absolute atomic E-state index is 0.0308. The number of carbonyl (C=O) groups is 1. The van der Waals surface area contributed by atoms with Crippen LogP contribution >= 0.6 is 11.6 Å². The van der Waals surface area contributed by atoms with E-state index in [0.717, 1.165) is 6.42 Å². The summed E-state index contributed by atoms with van der Waals surface area (Å²) in [7, 11) is 0. The first-order valence-electron chi connectivity index (χ1n) is 8.15. The maximum absolute atomic E-state index is 12.1. The fourth-order valence-electron chi connectivity index (χ4n) is 2.34. The van der Waals surface area contributed by atoms with Gasteiger partial charge in [-0.3, -0.25) is 4.79 Å². The molecule has 0 aliphatic rings. The van der Waals surface area contributed by atoms with Gasteiger partial charge in [0, 0.05) is 6.54 Å². The lowest BCUT2D eigenvalue weighted by molar-refractivity contribution is -0.121. The molecule has 7 nitrogen and oxygen atoms in total. The van der Waals surface area contributed by atoms with Gasteiger partial charge in [-0.25, -0.2) is 4.68 Å². The Bertz CT molecular complexity index is 854. The number of nitrogens with one attached hydrogen (secondary N) is 1. The van der Waals surface area contributed by atoms with E-state index in [4.69, 9.17) is 16.3 Å². The van der Waals surface area contributed by atoms with Gasteiger partial charge in [0.1, 0.15) is 18.9 Å². The molecule has 0 bridgehead atoms. The fraction of sp³-hybridized carbons (Fsp3) is 0.222. The van der Waals surface area contributed by atoms with E-state index in [0.29, 0.717) is 23.1 Å². The van der Waals surface area contributed by atoms with E-state index >= 15 is 0 Å². The van der Waals surface area contributed by atoms with Crippen LogP contribution in [-0.2, 0) is 24.4 Å². The van der Waals surface area contributed by atoms with Crippen LogP contribution in [0.3, 0.4) is 0 Å². The summed E-state index contributed by atoms with van der Waals surface area (Å²) >= 11 is 6.05. The second kappa shape index (κ2) is 8.96. The van der Waals surface area contributed by atoms with Gasteiger partial charge < -0.3 is 10.1 Å². The number of benzene rings is 2. The zero-order valence-electron chi connectivity index (χ0n) is 14.0. The third kappa shape index (κ3) is 5.03. The number of tetrazole rings is 1. The number of rotatable bonds is 8. The highest BCUT2D eigenvalue weighted by molar-refractivity contribution is 6.32. The molecule has 26 heavy (non-hydrogen) atoms. The van der Waals surface area contributed by atoms with Gasteiger partial charge in [-0.1, -0.05) is 54.1 Å². The second-order valence-electron chi connectivity index (χ2n) is 5.56. The number of hydrogen-bond acceptors (Lipinski definition) is 5. The smallest absolute Gasteiger partial charge is 0.241 e.